The van der Waals surface area contributed by atoms with Crippen LogP contribution in [0.1, 0.15) is 38.1 Å². The Labute approximate surface area is 127 Å². The van der Waals surface area contributed by atoms with E-state index in [0.29, 0.717) is 22.7 Å². The molecule has 0 spiro atoms. The summed E-state index contributed by atoms with van der Waals surface area (Å²) in [5.41, 5.74) is 1.34. The van der Waals surface area contributed by atoms with Crippen LogP contribution in [0.3, 0.4) is 0 Å². The number of halogens is 2. The first-order valence-corrected chi connectivity index (χ1v) is 8.65. The van der Waals surface area contributed by atoms with Crippen molar-refractivity contribution in [1.29, 1.82) is 0 Å². The molecule has 1 heterocycles. The molecule has 2 aromatic rings. The van der Waals surface area contributed by atoms with E-state index in [-0.39, 0.29) is 5.82 Å². The van der Waals surface area contributed by atoms with Crippen molar-refractivity contribution in [3.63, 3.8) is 0 Å². The minimum atomic E-state index is -0.259. The van der Waals surface area contributed by atoms with Crippen molar-refractivity contribution in [1.82, 2.24) is 9.55 Å². The Balaban J connectivity index is 2.00. The Bertz CT molecular complexity index is 613. The van der Waals surface area contributed by atoms with Crippen LogP contribution in [-0.4, -0.2) is 20.6 Å². The predicted octanol–water partition coefficient (Wildman–Crippen LogP) is 4.76. The van der Waals surface area contributed by atoms with Crippen molar-refractivity contribution in [2.24, 2.45) is 0 Å². The van der Waals surface area contributed by atoms with Gasteiger partial charge in [0.2, 0.25) is 0 Å². The molecule has 1 fully saturated rings. The first-order valence-electron chi connectivity index (χ1n) is 7.07. The minimum absolute atomic E-state index is 0.259. The van der Waals surface area contributed by atoms with Crippen molar-refractivity contribution in [3.05, 3.63) is 29.8 Å². The predicted molar refractivity (Wildman–Crippen MR) is 84.1 cm³/mol. The van der Waals surface area contributed by atoms with E-state index in [0.717, 1.165) is 29.9 Å². The number of rotatable bonds is 4. The summed E-state index contributed by atoms with van der Waals surface area (Å²) < 4.78 is 16.0. The Hall–Kier alpha value is -0.740. The number of thioether (sulfide) groups is 1. The van der Waals surface area contributed by atoms with Gasteiger partial charge in [0.1, 0.15) is 11.3 Å². The van der Waals surface area contributed by atoms with E-state index in [4.69, 9.17) is 11.6 Å². The number of hydrogen-bond donors (Lipinski definition) is 0. The van der Waals surface area contributed by atoms with Crippen LogP contribution in [0.4, 0.5) is 4.39 Å². The van der Waals surface area contributed by atoms with Crippen LogP contribution < -0.4 is 0 Å². The number of para-hydroxylation sites is 1. The maximum Gasteiger partial charge on any atom is 0.151 e. The SMILES string of the molecule is CCSC1CCC(n2c(CCl)nc3c(F)cccc32)C1. The van der Waals surface area contributed by atoms with Crippen LogP contribution in [0.25, 0.3) is 11.0 Å². The van der Waals surface area contributed by atoms with Crippen LogP contribution in [-0.2, 0) is 5.88 Å². The Morgan fingerprint density at radius 3 is 3.05 bits per heavy atom. The van der Waals surface area contributed by atoms with Crippen LogP contribution in [0.15, 0.2) is 18.2 Å². The molecule has 0 aliphatic heterocycles. The molecular formula is C15H18ClFN2S. The number of imidazole rings is 1. The van der Waals surface area contributed by atoms with Gasteiger partial charge in [-0.3, -0.25) is 0 Å². The Morgan fingerprint density at radius 1 is 1.45 bits per heavy atom. The summed E-state index contributed by atoms with van der Waals surface area (Å²) in [7, 11) is 0. The zero-order chi connectivity index (χ0) is 14.1. The van der Waals surface area contributed by atoms with Gasteiger partial charge in [-0.05, 0) is 37.1 Å². The number of hydrogen-bond acceptors (Lipinski definition) is 2. The fourth-order valence-electron chi connectivity index (χ4n) is 3.17. The van der Waals surface area contributed by atoms with Crippen molar-refractivity contribution >= 4 is 34.4 Å². The number of alkyl halides is 1. The van der Waals surface area contributed by atoms with E-state index in [1.54, 1.807) is 6.07 Å². The summed E-state index contributed by atoms with van der Waals surface area (Å²) in [6, 6.07) is 5.56. The Morgan fingerprint density at radius 2 is 2.30 bits per heavy atom. The molecule has 20 heavy (non-hydrogen) atoms. The second-order valence-electron chi connectivity index (χ2n) is 5.18. The molecule has 0 radical (unpaired) electrons. The van der Waals surface area contributed by atoms with Gasteiger partial charge in [-0.25, -0.2) is 9.37 Å². The van der Waals surface area contributed by atoms with Crippen LogP contribution in [0, 0.1) is 5.82 Å². The summed E-state index contributed by atoms with van der Waals surface area (Å²) in [4.78, 5) is 4.40. The third-order valence-corrected chi connectivity index (χ3v) is 5.46. The van der Waals surface area contributed by atoms with Crippen LogP contribution in [0.2, 0.25) is 0 Å². The lowest BCUT2D eigenvalue weighted by Gasteiger charge is -2.16. The maximum absolute atomic E-state index is 13.9. The van der Waals surface area contributed by atoms with E-state index in [9.17, 15) is 4.39 Å². The van der Waals surface area contributed by atoms with E-state index in [1.165, 1.54) is 12.5 Å². The molecule has 2 unspecified atom stereocenters. The first kappa shape index (κ1) is 14.2. The highest BCUT2D eigenvalue weighted by Gasteiger charge is 2.29. The Kier molecular flexibility index (Phi) is 4.22. The van der Waals surface area contributed by atoms with E-state index >= 15 is 0 Å². The van der Waals surface area contributed by atoms with Crippen LogP contribution >= 0.6 is 23.4 Å². The molecule has 1 saturated carbocycles. The van der Waals surface area contributed by atoms with Gasteiger partial charge in [0.05, 0.1) is 11.4 Å². The van der Waals surface area contributed by atoms with Gasteiger partial charge < -0.3 is 4.57 Å². The quantitative estimate of drug-likeness (QED) is 0.757. The van der Waals surface area contributed by atoms with Crippen molar-refractivity contribution in [2.75, 3.05) is 5.75 Å². The molecule has 1 aliphatic carbocycles. The molecule has 1 aliphatic rings. The number of fused-ring (bicyclic) bond motifs is 1. The molecule has 0 saturated heterocycles. The van der Waals surface area contributed by atoms with E-state index < -0.39 is 0 Å². The number of aromatic nitrogens is 2. The summed E-state index contributed by atoms with van der Waals surface area (Å²) in [6.45, 7) is 2.20. The van der Waals surface area contributed by atoms with Crippen molar-refractivity contribution in [2.45, 2.75) is 43.4 Å². The van der Waals surface area contributed by atoms with Gasteiger partial charge in [0.25, 0.3) is 0 Å². The second kappa shape index (κ2) is 5.94. The highest BCUT2D eigenvalue weighted by atomic mass is 35.5. The molecule has 0 bridgehead atoms. The van der Waals surface area contributed by atoms with Crippen molar-refractivity contribution in [3.8, 4) is 0 Å². The zero-order valence-electron chi connectivity index (χ0n) is 11.5. The molecule has 108 valence electrons. The van der Waals surface area contributed by atoms with Crippen molar-refractivity contribution < 1.29 is 4.39 Å². The molecule has 0 N–H and O–H groups in total. The molecule has 1 aromatic carbocycles. The average Bonchev–Trinajstić information content (AvgIpc) is 3.03. The number of nitrogens with zero attached hydrogens (tertiary/aromatic N) is 2. The maximum atomic E-state index is 13.9. The molecule has 5 heteroatoms. The first-order chi connectivity index (χ1) is 9.74. The minimum Gasteiger partial charge on any atom is -0.324 e. The van der Waals surface area contributed by atoms with E-state index in [1.807, 2.05) is 17.8 Å². The molecule has 2 atom stereocenters. The summed E-state index contributed by atoms with van der Waals surface area (Å²) in [5, 5.41) is 0.708. The summed E-state index contributed by atoms with van der Waals surface area (Å²) in [6.07, 6.45) is 3.48. The second-order valence-corrected chi connectivity index (χ2v) is 7.03. The normalized spacial score (nSPS) is 22.8. The highest BCUT2D eigenvalue weighted by molar-refractivity contribution is 7.99. The van der Waals surface area contributed by atoms with Gasteiger partial charge >= 0.3 is 0 Å². The fraction of sp³-hybridized carbons (Fsp3) is 0.533. The lowest BCUT2D eigenvalue weighted by molar-refractivity contribution is 0.519. The van der Waals surface area contributed by atoms with Crippen LogP contribution in [0.5, 0.6) is 0 Å². The average molecular weight is 313 g/mol. The standard InChI is InChI=1S/C15H18ClFN2S/c1-2-20-11-7-6-10(8-11)19-13-5-3-4-12(17)15(13)18-14(19)9-16/h3-5,10-11H,2,6-9H2,1H3. The smallest absolute Gasteiger partial charge is 0.151 e. The molecule has 1 aromatic heterocycles. The van der Waals surface area contributed by atoms with Gasteiger partial charge in [-0.1, -0.05) is 13.0 Å². The molecule has 2 nitrogen and oxygen atoms in total. The third-order valence-electron chi connectivity index (χ3n) is 3.99. The molecular weight excluding hydrogens is 295 g/mol. The monoisotopic (exact) mass is 312 g/mol. The third kappa shape index (κ3) is 2.44. The lowest BCUT2D eigenvalue weighted by Crippen LogP contribution is -2.09. The largest absolute Gasteiger partial charge is 0.324 e. The summed E-state index contributed by atoms with van der Waals surface area (Å²) >= 11 is 8.04. The highest BCUT2D eigenvalue weighted by Crippen LogP contribution is 2.39. The lowest BCUT2D eigenvalue weighted by atomic mass is 10.2. The molecule has 0 amide bonds. The number of benzene rings is 1. The summed E-state index contributed by atoms with van der Waals surface area (Å²) in [5.74, 6) is 2.01. The topological polar surface area (TPSA) is 17.8 Å². The van der Waals surface area contributed by atoms with Gasteiger partial charge in [0, 0.05) is 11.3 Å². The van der Waals surface area contributed by atoms with E-state index in [2.05, 4.69) is 16.5 Å². The van der Waals surface area contributed by atoms with Gasteiger partial charge in [-0.15, -0.1) is 11.6 Å². The fourth-order valence-corrected chi connectivity index (χ4v) is 4.49. The van der Waals surface area contributed by atoms with Gasteiger partial charge in [-0.2, -0.15) is 11.8 Å². The zero-order valence-corrected chi connectivity index (χ0v) is 13.1. The molecule has 3 rings (SSSR count). The van der Waals surface area contributed by atoms with Gasteiger partial charge in [0.15, 0.2) is 5.82 Å².